The highest BCUT2D eigenvalue weighted by molar-refractivity contribution is 5.87. The van der Waals surface area contributed by atoms with Crippen LogP contribution in [0.1, 0.15) is 12.0 Å². The summed E-state index contributed by atoms with van der Waals surface area (Å²) in [5.74, 6) is 0.00133. The summed E-state index contributed by atoms with van der Waals surface area (Å²) in [5, 5.41) is 0. The first-order valence-electron chi connectivity index (χ1n) is 6.36. The van der Waals surface area contributed by atoms with Crippen LogP contribution in [0.4, 0.5) is 0 Å². The molecule has 3 nitrogen and oxygen atoms in total. The number of amides is 1. The fourth-order valence-corrected chi connectivity index (χ4v) is 2.25. The smallest absolute Gasteiger partial charge is 0.246 e. The Bertz CT molecular complexity index is 396. The van der Waals surface area contributed by atoms with Gasteiger partial charge in [0, 0.05) is 13.2 Å². The lowest BCUT2D eigenvalue weighted by atomic mass is 10.1. The molecule has 0 bridgehead atoms. The van der Waals surface area contributed by atoms with Crippen molar-refractivity contribution in [2.75, 3.05) is 19.8 Å². The molecule has 1 aliphatic rings. The summed E-state index contributed by atoms with van der Waals surface area (Å²) in [7, 11) is 0. The number of carbonyl (C=O) groups excluding carboxylic acids is 1. The second-order valence-corrected chi connectivity index (χ2v) is 4.49. The van der Waals surface area contributed by atoms with Crippen LogP contribution in [-0.2, 0) is 16.0 Å². The minimum Gasteiger partial charge on any atom is -0.379 e. The molecular weight excluding hydrogens is 226 g/mol. The minimum atomic E-state index is 0.00133. The van der Waals surface area contributed by atoms with E-state index >= 15 is 0 Å². The van der Waals surface area contributed by atoms with Crippen LogP contribution in [0.3, 0.4) is 0 Å². The van der Waals surface area contributed by atoms with Crippen LogP contribution in [0, 0.1) is 0 Å². The van der Waals surface area contributed by atoms with Crippen LogP contribution < -0.4 is 0 Å². The highest BCUT2D eigenvalue weighted by Crippen LogP contribution is 2.14. The molecule has 1 atom stereocenters. The highest BCUT2D eigenvalue weighted by atomic mass is 16.5. The molecule has 1 aromatic rings. The van der Waals surface area contributed by atoms with E-state index in [1.807, 2.05) is 23.1 Å². The summed E-state index contributed by atoms with van der Waals surface area (Å²) in [5.41, 5.74) is 1.25. The normalized spacial score (nSPS) is 18.6. The maximum absolute atomic E-state index is 11.9. The van der Waals surface area contributed by atoms with Crippen molar-refractivity contribution in [3.05, 3.63) is 48.6 Å². The van der Waals surface area contributed by atoms with Crippen molar-refractivity contribution < 1.29 is 9.53 Å². The van der Waals surface area contributed by atoms with Crippen LogP contribution in [0.2, 0.25) is 0 Å². The molecule has 0 radical (unpaired) electrons. The molecule has 96 valence electrons. The number of hydrogen-bond acceptors (Lipinski definition) is 2. The molecule has 18 heavy (non-hydrogen) atoms. The van der Waals surface area contributed by atoms with E-state index in [1.165, 1.54) is 11.6 Å². The third-order valence-electron chi connectivity index (χ3n) is 3.29. The number of nitrogens with zero attached hydrogens (tertiary/aromatic N) is 1. The molecule has 0 saturated carbocycles. The summed E-state index contributed by atoms with van der Waals surface area (Å²) in [4.78, 5) is 13.8. The molecule has 0 spiro atoms. The van der Waals surface area contributed by atoms with Crippen molar-refractivity contribution in [2.45, 2.75) is 18.9 Å². The van der Waals surface area contributed by atoms with E-state index in [9.17, 15) is 4.79 Å². The molecule has 1 aromatic carbocycles. The van der Waals surface area contributed by atoms with E-state index in [0.29, 0.717) is 6.61 Å². The van der Waals surface area contributed by atoms with Gasteiger partial charge in [-0.25, -0.2) is 0 Å². The zero-order valence-corrected chi connectivity index (χ0v) is 10.5. The number of rotatable bonds is 5. The van der Waals surface area contributed by atoms with Crippen molar-refractivity contribution in [2.24, 2.45) is 0 Å². The van der Waals surface area contributed by atoms with E-state index in [0.717, 1.165) is 26.0 Å². The van der Waals surface area contributed by atoms with E-state index in [1.54, 1.807) is 0 Å². The first-order chi connectivity index (χ1) is 8.81. The van der Waals surface area contributed by atoms with E-state index in [2.05, 4.69) is 18.7 Å². The van der Waals surface area contributed by atoms with Crippen molar-refractivity contribution in [1.82, 2.24) is 4.90 Å². The summed E-state index contributed by atoms with van der Waals surface area (Å²) in [6.45, 7) is 5.70. The molecule has 0 aromatic heterocycles. The second kappa shape index (κ2) is 6.36. The predicted octanol–water partition coefficient (Wildman–Crippen LogP) is 2.03. The van der Waals surface area contributed by atoms with Crippen molar-refractivity contribution in [3.63, 3.8) is 0 Å². The quantitative estimate of drug-likeness (QED) is 0.743. The van der Waals surface area contributed by atoms with Crippen molar-refractivity contribution >= 4 is 5.91 Å². The number of benzene rings is 1. The molecule has 1 fully saturated rings. The first-order valence-corrected chi connectivity index (χ1v) is 6.36. The summed E-state index contributed by atoms with van der Waals surface area (Å²) in [6, 6.07) is 10.4. The summed E-state index contributed by atoms with van der Waals surface area (Å²) >= 11 is 0. The van der Waals surface area contributed by atoms with Gasteiger partial charge in [-0.2, -0.15) is 0 Å². The van der Waals surface area contributed by atoms with E-state index in [-0.39, 0.29) is 11.9 Å². The van der Waals surface area contributed by atoms with Gasteiger partial charge in [-0.1, -0.05) is 36.9 Å². The zero-order valence-electron chi connectivity index (χ0n) is 10.5. The van der Waals surface area contributed by atoms with Crippen LogP contribution in [-0.4, -0.2) is 36.6 Å². The minimum absolute atomic E-state index is 0.00133. The maximum atomic E-state index is 11.9. The number of hydrogen-bond donors (Lipinski definition) is 0. The van der Waals surface area contributed by atoms with Crippen molar-refractivity contribution in [3.8, 4) is 0 Å². The molecule has 1 heterocycles. The Morgan fingerprint density at radius 1 is 1.44 bits per heavy atom. The Hall–Kier alpha value is -1.61. The fraction of sp³-hybridized carbons (Fsp3) is 0.400. The lowest BCUT2D eigenvalue weighted by Crippen LogP contribution is -2.41. The Balaban J connectivity index is 1.97. The average molecular weight is 245 g/mol. The molecular formula is C15H19NO2. The SMILES string of the molecule is C=CC(=O)N(CCc1ccccc1)C1CCOC1. The van der Waals surface area contributed by atoms with Crippen LogP contribution in [0.5, 0.6) is 0 Å². The fourth-order valence-electron chi connectivity index (χ4n) is 2.25. The Kier molecular flexibility index (Phi) is 4.53. The first kappa shape index (κ1) is 12.8. The molecule has 1 amide bonds. The van der Waals surface area contributed by atoms with Crippen molar-refractivity contribution in [1.29, 1.82) is 0 Å². The zero-order chi connectivity index (χ0) is 12.8. The van der Waals surface area contributed by atoms with Crippen LogP contribution >= 0.6 is 0 Å². The summed E-state index contributed by atoms with van der Waals surface area (Å²) in [6.07, 6.45) is 3.19. The standard InChI is InChI=1S/C15H19NO2/c1-2-15(17)16(14-9-11-18-12-14)10-8-13-6-4-3-5-7-13/h2-7,14H,1,8-12H2. The Morgan fingerprint density at radius 2 is 2.22 bits per heavy atom. The average Bonchev–Trinajstić information content (AvgIpc) is 2.94. The van der Waals surface area contributed by atoms with Crippen LogP contribution in [0.15, 0.2) is 43.0 Å². The third kappa shape index (κ3) is 3.20. The lowest BCUT2D eigenvalue weighted by Gasteiger charge is -2.26. The van der Waals surface area contributed by atoms with Gasteiger partial charge in [0.2, 0.25) is 5.91 Å². The number of carbonyl (C=O) groups is 1. The van der Waals surface area contributed by atoms with E-state index in [4.69, 9.17) is 4.74 Å². The van der Waals surface area contributed by atoms with Gasteiger partial charge < -0.3 is 9.64 Å². The predicted molar refractivity (Wildman–Crippen MR) is 71.3 cm³/mol. The van der Waals surface area contributed by atoms with Gasteiger partial charge in [-0.3, -0.25) is 4.79 Å². The molecule has 0 aliphatic carbocycles. The Morgan fingerprint density at radius 3 is 2.83 bits per heavy atom. The summed E-state index contributed by atoms with van der Waals surface area (Å²) < 4.78 is 5.36. The molecule has 1 saturated heterocycles. The molecule has 0 N–H and O–H groups in total. The van der Waals surface area contributed by atoms with Gasteiger partial charge >= 0.3 is 0 Å². The third-order valence-corrected chi connectivity index (χ3v) is 3.29. The topological polar surface area (TPSA) is 29.5 Å². The molecule has 1 unspecified atom stereocenters. The molecule has 2 rings (SSSR count). The monoisotopic (exact) mass is 245 g/mol. The lowest BCUT2D eigenvalue weighted by molar-refractivity contribution is -0.128. The van der Waals surface area contributed by atoms with Gasteiger partial charge in [0.05, 0.1) is 12.6 Å². The Labute approximate surface area is 108 Å². The van der Waals surface area contributed by atoms with Gasteiger partial charge in [-0.05, 0) is 24.5 Å². The van der Waals surface area contributed by atoms with Gasteiger partial charge in [0.25, 0.3) is 0 Å². The van der Waals surface area contributed by atoms with Crippen LogP contribution in [0.25, 0.3) is 0 Å². The highest BCUT2D eigenvalue weighted by Gasteiger charge is 2.25. The van der Waals surface area contributed by atoms with E-state index < -0.39 is 0 Å². The second-order valence-electron chi connectivity index (χ2n) is 4.49. The van der Waals surface area contributed by atoms with Gasteiger partial charge in [0.1, 0.15) is 0 Å². The number of ether oxygens (including phenoxy) is 1. The maximum Gasteiger partial charge on any atom is 0.246 e. The van der Waals surface area contributed by atoms with Gasteiger partial charge in [-0.15, -0.1) is 0 Å². The molecule has 3 heteroatoms. The molecule has 1 aliphatic heterocycles. The van der Waals surface area contributed by atoms with Gasteiger partial charge in [0.15, 0.2) is 0 Å². The largest absolute Gasteiger partial charge is 0.379 e.